The minimum Gasteiger partial charge on any atom is -0.380 e. The van der Waals surface area contributed by atoms with E-state index in [-0.39, 0.29) is 24.8 Å². The van der Waals surface area contributed by atoms with Gasteiger partial charge < -0.3 is 5.32 Å². The quantitative estimate of drug-likeness (QED) is 0.860. The van der Waals surface area contributed by atoms with Crippen molar-refractivity contribution in [3.8, 4) is 0 Å². The van der Waals surface area contributed by atoms with Gasteiger partial charge in [0.1, 0.15) is 11.6 Å². The van der Waals surface area contributed by atoms with Gasteiger partial charge in [0.15, 0.2) is 0 Å². The second-order valence-electron chi connectivity index (χ2n) is 4.93. The summed E-state index contributed by atoms with van der Waals surface area (Å²) in [7, 11) is 0. The molecular formula is C13H15F5N2. The summed E-state index contributed by atoms with van der Waals surface area (Å²) < 4.78 is 63.1. The molecule has 7 heteroatoms. The number of nitrogens with one attached hydrogen (secondary N) is 1. The predicted octanol–water partition coefficient (Wildman–Crippen LogP) is 3.40. The zero-order valence-electron chi connectivity index (χ0n) is 10.7. The molecule has 0 unspecified atom stereocenters. The molecule has 1 heterocycles. The zero-order valence-corrected chi connectivity index (χ0v) is 10.7. The van der Waals surface area contributed by atoms with Crippen molar-refractivity contribution in [1.29, 1.82) is 0 Å². The molecule has 0 amide bonds. The van der Waals surface area contributed by atoms with E-state index in [2.05, 4.69) is 5.32 Å². The van der Waals surface area contributed by atoms with Gasteiger partial charge in [-0.2, -0.15) is 13.2 Å². The maximum absolute atomic E-state index is 13.4. The zero-order chi connectivity index (χ0) is 14.8. The van der Waals surface area contributed by atoms with E-state index in [9.17, 15) is 22.0 Å². The number of rotatable bonds is 3. The Morgan fingerprint density at radius 2 is 1.80 bits per heavy atom. The first-order valence-corrected chi connectivity index (χ1v) is 6.34. The molecule has 1 N–H and O–H groups in total. The summed E-state index contributed by atoms with van der Waals surface area (Å²) in [4.78, 5) is 1.32. The van der Waals surface area contributed by atoms with Crippen LogP contribution in [0.1, 0.15) is 12.8 Å². The van der Waals surface area contributed by atoms with Gasteiger partial charge in [-0.05, 0) is 31.0 Å². The third-order valence-corrected chi connectivity index (χ3v) is 3.28. The summed E-state index contributed by atoms with van der Waals surface area (Å²) in [6.07, 6.45) is -3.27. The largest absolute Gasteiger partial charge is 0.401 e. The number of nitrogens with zero attached hydrogens (tertiary/aromatic N) is 1. The van der Waals surface area contributed by atoms with Crippen LogP contribution in [0.2, 0.25) is 0 Å². The Hall–Kier alpha value is -1.37. The molecule has 0 aliphatic carbocycles. The van der Waals surface area contributed by atoms with Crippen molar-refractivity contribution in [2.75, 3.05) is 25.0 Å². The van der Waals surface area contributed by atoms with Crippen LogP contribution >= 0.6 is 0 Å². The van der Waals surface area contributed by atoms with E-state index in [0.717, 1.165) is 18.2 Å². The first-order valence-electron chi connectivity index (χ1n) is 6.34. The van der Waals surface area contributed by atoms with Crippen molar-refractivity contribution >= 4 is 5.69 Å². The molecule has 1 fully saturated rings. The standard InChI is InChI=1S/C13H15F5N2/c14-9-1-2-11(15)12(7-9)19-10-3-5-20(6-4-10)8-13(16,17)18/h1-2,7,10,19H,3-6,8H2. The number of piperidine rings is 1. The average molecular weight is 294 g/mol. The Morgan fingerprint density at radius 3 is 2.40 bits per heavy atom. The molecule has 1 aliphatic heterocycles. The van der Waals surface area contributed by atoms with Crippen molar-refractivity contribution < 1.29 is 22.0 Å². The summed E-state index contributed by atoms with van der Waals surface area (Å²) in [5, 5.41) is 2.85. The summed E-state index contributed by atoms with van der Waals surface area (Å²) in [6, 6.07) is 2.95. The molecule has 112 valence electrons. The van der Waals surface area contributed by atoms with Crippen LogP contribution in [0.15, 0.2) is 18.2 Å². The van der Waals surface area contributed by atoms with Crippen LogP contribution in [0, 0.1) is 11.6 Å². The van der Waals surface area contributed by atoms with Crippen molar-refractivity contribution in [2.24, 2.45) is 0 Å². The Balaban J connectivity index is 1.87. The minimum absolute atomic E-state index is 0.0549. The second-order valence-corrected chi connectivity index (χ2v) is 4.93. The molecule has 0 spiro atoms. The number of alkyl halides is 3. The van der Waals surface area contributed by atoms with E-state index in [1.54, 1.807) is 0 Å². The summed E-state index contributed by atoms with van der Waals surface area (Å²) >= 11 is 0. The molecule has 20 heavy (non-hydrogen) atoms. The van der Waals surface area contributed by atoms with Gasteiger partial charge in [0, 0.05) is 19.1 Å². The van der Waals surface area contributed by atoms with Crippen molar-refractivity contribution in [1.82, 2.24) is 4.90 Å². The lowest BCUT2D eigenvalue weighted by Gasteiger charge is -2.33. The molecule has 0 saturated carbocycles. The molecule has 0 bridgehead atoms. The average Bonchev–Trinajstić information content (AvgIpc) is 2.34. The molecule has 0 aromatic heterocycles. The van der Waals surface area contributed by atoms with Crippen molar-refractivity contribution in [3.63, 3.8) is 0 Å². The van der Waals surface area contributed by atoms with Crippen LogP contribution in [0.25, 0.3) is 0 Å². The fraction of sp³-hybridized carbons (Fsp3) is 0.538. The Morgan fingerprint density at radius 1 is 1.15 bits per heavy atom. The van der Waals surface area contributed by atoms with Crippen molar-refractivity contribution in [2.45, 2.75) is 25.1 Å². The highest BCUT2D eigenvalue weighted by atomic mass is 19.4. The van der Waals surface area contributed by atoms with Crippen LogP contribution in [-0.4, -0.2) is 36.8 Å². The molecule has 0 atom stereocenters. The maximum atomic E-state index is 13.4. The maximum Gasteiger partial charge on any atom is 0.401 e. The van der Waals surface area contributed by atoms with Crippen LogP contribution in [0.3, 0.4) is 0 Å². The lowest BCUT2D eigenvalue weighted by Crippen LogP contribution is -2.43. The van der Waals surface area contributed by atoms with E-state index in [0.29, 0.717) is 12.8 Å². The summed E-state index contributed by atoms with van der Waals surface area (Å²) in [5.41, 5.74) is 0.0549. The highest BCUT2D eigenvalue weighted by Crippen LogP contribution is 2.23. The number of benzene rings is 1. The molecule has 2 rings (SSSR count). The van der Waals surface area contributed by atoms with Gasteiger partial charge in [0.2, 0.25) is 0 Å². The van der Waals surface area contributed by atoms with E-state index >= 15 is 0 Å². The van der Waals surface area contributed by atoms with Crippen LogP contribution in [0.5, 0.6) is 0 Å². The summed E-state index contributed by atoms with van der Waals surface area (Å²) in [5.74, 6) is -1.12. The van der Waals surface area contributed by atoms with Crippen LogP contribution in [0.4, 0.5) is 27.6 Å². The molecule has 1 aromatic carbocycles. The molecule has 2 nitrogen and oxygen atoms in total. The van der Waals surface area contributed by atoms with E-state index in [4.69, 9.17) is 0 Å². The molecule has 1 aliphatic rings. The lowest BCUT2D eigenvalue weighted by molar-refractivity contribution is -0.147. The fourth-order valence-electron chi connectivity index (χ4n) is 2.32. The predicted molar refractivity (Wildman–Crippen MR) is 65.5 cm³/mol. The first-order chi connectivity index (χ1) is 9.33. The third-order valence-electron chi connectivity index (χ3n) is 3.28. The van der Waals surface area contributed by atoms with Gasteiger partial charge in [-0.15, -0.1) is 0 Å². The third kappa shape index (κ3) is 4.33. The first kappa shape index (κ1) is 15.0. The number of hydrogen-bond donors (Lipinski definition) is 1. The molecular weight excluding hydrogens is 279 g/mol. The minimum atomic E-state index is -4.20. The molecule has 1 saturated heterocycles. The van der Waals surface area contributed by atoms with Gasteiger partial charge in [-0.3, -0.25) is 4.90 Å². The Kier molecular flexibility index (Phi) is 4.47. The van der Waals surface area contributed by atoms with Gasteiger partial charge >= 0.3 is 6.18 Å². The van der Waals surface area contributed by atoms with E-state index < -0.39 is 24.4 Å². The normalized spacial score (nSPS) is 18.2. The van der Waals surface area contributed by atoms with Gasteiger partial charge in [0.25, 0.3) is 0 Å². The van der Waals surface area contributed by atoms with Crippen LogP contribution in [-0.2, 0) is 0 Å². The number of likely N-dealkylation sites (tertiary alicyclic amines) is 1. The topological polar surface area (TPSA) is 15.3 Å². The van der Waals surface area contributed by atoms with Crippen LogP contribution < -0.4 is 5.32 Å². The number of halogens is 5. The van der Waals surface area contributed by atoms with Crippen molar-refractivity contribution in [3.05, 3.63) is 29.8 Å². The highest BCUT2D eigenvalue weighted by molar-refractivity contribution is 5.45. The van der Waals surface area contributed by atoms with Gasteiger partial charge in [-0.1, -0.05) is 0 Å². The number of hydrogen-bond acceptors (Lipinski definition) is 2. The van der Waals surface area contributed by atoms with Gasteiger partial charge in [-0.25, -0.2) is 8.78 Å². The number of anilines is 1. The molecule has 1 aromatic rings. The smallest absolute Gasteiger partial charge is 0.380 e. The fourth-order valence-corrected chi connectivity index (χ4v) is 2.32. The van der Waals surface area contributed by atoms with E-state index in [1.807, 2.05) is 0 Å². The highest BCUT2D eigenvalue weighted by Gasteiger charge is 2.32. The summed E-state index contributed by atoms with van der Waals surface area (Å²) in [6.45, 7) is -0.351. The SMILES string of the molecule is Fc1ccc(F)c(NC2CCN(CC(F)(F)F)CC2)c1. The monoisotopic (exact) mass is 294 g/mol. The molecule has 0 radical (unpaired) electrons. The van der Waals surface area contributed by atoms with E-state index in [1.165, 1.54) is 4.90 Å². The Labute approximate surface area is 113 Å². The Bertz CT molecular complexity index is 453. The van der Waals surface area contributed by atoms with Gasteiger partial charge in [0.05, 0.1) is 12.2 Å². The lowest BCUT2D eigenvalue weighted by atomic mass is 10.0. The second kappa shape index (κ2) is 5.95.